The molecule has 4 aromatic rings. The zero-order valence-corrected chi connectivity index (χ0v) is 19.6. The summed E-state index contributed by atoms with van der Waals surface area (Å²) in [5, 5.41) is 2.63. The van der Waals surface area contributed by atoms with Gasteiger partial charge in [0.2, 0.25) is 5.91 Å². The number of carbonyl (C=O) groups is 2. The first-order valence-electron chi connectivity index (χ1n) is 10.9. The van der Waals surface area contributed by atoms with Gasteiger partial charge in [0, 0.05) is 12.2 Å². The topological polar surface area (TPSA) is 112 Å². The Morgan fingerprint density at radius 1 is 1.00 bits per heavy atom. The number of amides is 1. The van der Waals surface area contributed by atoms with Gasteiger partial charge in [-0.2, -0.15) is 0 Å². The lowest BCUT2D eigenvalue weighted by atomic mass is 10.1. The summed E-state index contributed by atoms with van der Waals surface area (Å²) < 4.78 is 6.90. The molecule has 4 rings (SSSR count). The van der Waals surface area contributed by atoms with Crippen LogP contribution in [0.25, 0.3) is 16.7 Å². The van der Waals surface area contributed by atoms with Crippen LogP contribution in [0.2, 0.25) is 0 Å². The number of aryl methyl sites for hydroxylation is 2. The van der Waals surface area contributed by atoms with Crippen LogP contribution in [-0.2, 0) is 22.6 Å². The maximum atomic E-state index is 13.5. The number of ether oxygens (including phenoxy) is 1. The maximum Gasteiger partial charge on any atom is 0.338 e. The van der Waals surface area contributed by atoms with E-state index in [4.69, 9.17) is 4.74 Å². The monoisotopic (exact) mass is 472 g/mol. The largest absolute Gasteiger partial charge is 0.465 e. The van der Waals surface area contributed by atoms with Crippen LogP contribution in [0.3, 0.4) is 0 Å². The second kappa shape index (κ2) is 9.76. The Morgan fingerprint density at radius 3 is 2.34 bits per heavy atom. The highest BCUT2D eigenvalue weighted by atomic mass is 16.5. The Hall–Kier alpha value is -4.53. The molecular weight excluding hydrogens is 448 g/mol. The van der Waals surface area contributed by atoms with Crippen molar-refractivity contribution in [2.75, 3.05) is 7.11 Å². The molecule has 9 heteroatoms. The van der Waals surface area contributed by atoms with Gasteiger partial charge >= 0.3 is 11.7 Å². The minimum atomic E-state index is -0.796. The van der Waals surface area contributed by atoms with Crippen molar-refractivity contribution >= 4 is 22.9 Å². The van der Waals surface area contributed by atoms with Crippen molar-refractivity contribution in [3.8, 4) is 5.69 Å². The molecule has 1 N–H and O–H groups in total. The highest BCUT2D eigenvalue weighted by Crippen LogP contribution is 2.18. The van der Waals surface area contributed by atoms with E-state index in [0.717, 1.165) is 15.7 Å². The van der Waals surface area contributed by atoms with Crippen molar-refractivity contribution in [2.45, 2.75) is 26.9 Å². The van der Waals surface area contributed by atoms with Gasteiger partial charge in [-0.15, -0.1) is 0 Å². The fourth-order valence-electron chi connectivity index (χ4n) is 3.79. The van der Waals surface area contributed by atoms with Gasteiger partial charge in [0.25, 0.3) is 5.56 Å². The molecule has 0 bridgehead atoms. The summed E-state index contributed by atoms with van der Waals surface area (Å²) in [5.41, 5.74) is 1.28. The van der Waals surface area contributed by atoms with E-state index in [1.54, 1.807) is 37.3 Å². The van der Waals surface area contributed by atoms with Crippen LogP contribution in [0, 0.1) is 13.8 Å². The highest BCUT2D eigenvalue weighted by Gasteiger charge is 2.23. The van der Waals surface area contributed by atoms with Gasteiger partial charge in [-0.05, 0) is 37.6 Å². The second-order valence-corrected chi connectivity index (χ2v) is 8.11. The minimum absolute atomic E-state index is 0.0166. The van der Waals surface area contributed by atoms with Crippen LogP contribution in [0.15, 0.2) is 70.3 Å². The van der Waals surface area contributed by atoms with E-state index in [-0.39, 0.29) is 23.1 Å². The molecule has 0 aliphatic rings. The molecule has 0 atom stereocenters. The lowest BCUT2D eigenvalue weighted by Gasteiger charge is -2.15. The van der Waals surface area contributed by atoms with E-state index in [1.165, 1.54) is 17.7 Å². The molecule has 1 amide bonds. The molecule has 2 heterocycles. The maximum absolute atomic E-state index is 13.5. The fraction of sp³-hybridized carbons (Fsp3) is 0.192. The van der Waals surface area contributed by atoms with Crippen molar-refractivity contribution in [3.63, 3.8) is 0 Å². The Balaban J connectivity index is 1.85. The number of pyridine rings is 1. The molecule has 0 fully saturated rings. The van der Waals surface area contributed by atoms with Gasteiger partial charge in [0.05, 0.1) is 23.7 Å². The predicted octanol–water partition coefficient (Wildman–Crippen LogP) is 2.27. The number of carbonyl (C=O) groups excluding carboxylic acids is 2. The molecule has 35 heavy (non-hydrogen) atoms. The number of fused-ring (bicyclic) bond motifs is 1. The van der Waals surface area contributed by atoms with E-state index in [9.17, 15) is 19.2 Å². The first kappa shape index (κ1) is 23.6. The molecule has 0 aliphatic carbocycles. The highest BCUT2D eigenvalue weighted by molar-refractivity contribution is 6.02. The summed E-state index contributed by atoms with van der Waals surface area (Å²) in [7, 11) is 1.20. The van der Waals surface area contributed by atoms with Crippen molar-refractivity contribution < 1.29 is 14.3 Å². The zero-order chi connectivity index (χ0) is 25.1. The van der Waals surface area contributed by atoms with Crippen molar-refractivity contribution in [1.82, 2.24) is 19.4 Å². The van der Waals surface area contributed by atoms with Crippen LogP contribution >= 0.6 is 0 Å². The van der Waals surface area contributed by atoms with Gasteiger partial charge in [-0.3, -0.25) is 9.59 Å². The fourth-order valence-corrected chi connectivity index (χ4v) is 3.79. The van der Waals surface area contributed by atoms with E-state index in [1.807, 2.05) is 31.2 Å². The predicted molar refractivity (Wildman–Crippen MR) is 131 cm³/mol. The molecule has 0 saturated heterocycles. The number of para-hydroxylation sites is 1. The Morgan fingerprint density at radius 2 is 1.69 bits per heavy atom. The molecule has 2 aromatic carbocycles. The number of esters is 1. The Bertz CT molecular complexity index is 1540. The Labute approximate surface area is 200 Å². The summed E-state index contributed by atoms with van der Waals surface area (Å²) in [6, 6.07) is 17.6. The van der Waals surface area contributed by atoms with Crippen molar-refractivity contribution in [2.24, 2.45) is 0 Å². The quantitative estimate of drug-likeness (QED) is 0.431. The van der Waals surface area contributed by atoms with Crippen molar-refractivity contribution in [1.29, 1.82) is 0 Å². The second-order valence-electron chi connectivity index (χ2n) is 8.11. The summed E-state index contributed by atoms with van der Waals surface area (Å²) in [6.45, 7) is 3.32. The van der Waals surface area contributed by atoms with Gasteiger partial charge < -0.3 is 10.1 Å². The van der Waals surface area contributed by atoms with Crippen LogP contribution < -0.4 is 16.6 Å². The third kappa shape index (κ3) is 4.74. The summed E-state index contributed by atoms with van der Waals surface area (Å²) in [4.78, 5) is 56.6. The number of nitrogens with zero attached hydrogens (tertiary/aromatic N) is 3. The van der Waals surface area contributed by atoms with Crippen LogP contribution in [0.1, 0.15) is 27.2 Å². The lowest BCUT2D eigenvalue weighted by Crippen LogP contribution is -2.44. The molecule has 9 nitrogen and oxygen atoms in total. The molecule has 0 saturated carbocycles. The number of benzene rings is 2. The van der Waals surface area contributed by atoms with Crippen LogP contribution in [0.5, 0.6) is 0 Å². The third-order valence-electron chi connectivity index (χ3n) is 5.55. The number of hydrogen-bond donors (Lipinski definition) is 1. The molecule has 0 spiro atoms. The summed E-state index contributed by atoms with van der Waals surface area (Å²) in [5.74, 6) is -1.27. The van der Waals surface area contributed by atoms with E-state index in [2.05, 4.69) is 10.3 Å². The number of hydrogen-bond acceptors (Lipinski definition) is 6. The molecule has 0 unspecified atom stereocenters. The van der Waals surface area contributed by atoms with E-state index >= 15 is 0 Å². The number of aromatic nitrogens is 3. The van der Waals surface area contributed by atoms with Crippen molar-refractivity contribution in [3.05, 3.63) is 104 Å². The average Bonchev–Trinajstić information content (AvgIpc) is 2.86. The van der Waals surface area contributed by atoms with Gasteiger partial charge in [0.15, 0.2) is 5.65 Å². The van der Waals surface area contributed by atoms with E-state index < -0.39 is 29.7 Å². The zero-order valence-electron chi connectivity index (χ0n) is 19.6. The van der Waals surface area contributed by atoms with Gasteiger partial charge in [-0.25, -0.2) is 23.7 Å². The summed E-state index contributed by atoms with van der Waals surface area (Å²) in [6.07, 6.45) is 0. The molecular formula is C26H24N4O5. The smallest absolute Gasteiger partial charge is 0.338 e. The molecule has 0 radical (unpaired) electrons. The first-order chi connectivity index (χ1) is 16.8. The SMILES string of the molecule is COC(=O)c1cc(C)nc2c1c(=O)n(CC(=O)NCc1ccc(C)cc1)c(=O)n2-c1ccccc1. The molecule has 178 valence electrons. The van der Waals surface area contributed by atoms with Crippen LogP contribution in [-0.4, -0.2) is 33.1 Å². The number of rotatable bonds is 6. The number of methoxy groups -OCH3 is 1. The minimum Gasteiger partial charge on any atom is -0.465 e. The van der Waals surface area contributed by atoms with Gasteiger partial charge in [0.1, 0.15) is 6.54 Å². The average molecular weight is 473 g/mol. The Kier molecular flexibility index (Phi) is 6.59. The standard InChI is InChI=1S/C26H24N4O5/c1-16-9-11-18(12-10-16)14-27-21(31)15-29-24(32)22-20(25(33)35-3)13-17(2)28-23(22)30(26(29)34)19-7-5-4-6-8-19/h4-13H,14-15H2,1-3H3,(H,27,31). The molecule has 0 aliphatic heterocycles. The van der Waals surface area contributed by atoms with E-state index in [0.29, 0.717) is 11.4 Å². The summed E-state index contributed by atoms with van der Waals surface area (Å²) >= 11 is 0. The first-order valence-corrected chi connectivity index (χ1v) is 10.9. The molecule has 2 aromatic heterocycles. The lowest BCUT2D eigenvalue weighted by molar-refractivity contribution is -0.121. The number of nitrogens with one attached hydrogen (secondary N) is 1. The van der Waals surface area contributed by atoms with Crippen LogP contribution in [0.4, 0.5) is 0 Å². The van der Waals surface area contributed by atoms with Gasteiger partial charge in [-0.1, -0.05) is 48.0 Å². The normalized spacial score (nSPS) is 10.8. The third-order valence-corrected chi connectivity index (χ3v) is 5.55.